The number of carbonyl (C=O) groups excluding carboxylic acids is 1. The van der Waals surface area contributed by atoms with Crippen molar-refractivity contribution in [1.82, 2.24) is 10.3 Å². The molecule has 0 aliphatic heterocycles. The summed E-state index contributed by atoms with van der Waals surface area (Å²) in [5.74, 6) is 0.243. The number of amides is 1. The predicted octanol–water partition coefficient (Wildman–Crippen LogP) is 5.21. The molecule has 1 heterocycles. The number of pyridine rings is 1. The maximum atomic E-state index is 13.2. The van der Waals surface area contributed by atoms with Gasteiger partial charge in [0.25, 0.3) is 0 Å². The van der Waals surface area contributed by atoms with Crippen molar-refractivity contribution in [2.24, 2.45) is 0 Å². The monoisotopic (exact) mass is 378 g/mol. The highest BCUT2D eigenvalue weighted by Crippen LogP contribution is 2.22. The van der Waals surface area contributed by atoms with E-state index in [9.17, 15) is 9.18 Å². The first-order valence-electron chi connectivity index (χ1n) is 9.36. The number of hydrogen-bond donors (Lipinski definition) is 1. The number of ether oxygens (including phenoxy) is 1. The van der Waals surface area contributed by atoms with Crippen molar-refractivity contribution in [3.8, 4) is 11.6 Å². The zero-order chi connectivity index (χ0) is 19.8. The molecule has 3 rings (SSSR count). The third kappa shape index (κ3) is 5.39. The van der Waals surface area contributed by atoms with Gasteiger partial charge in [0.2, 0.25) is 11.8 Å². The Morgan fingerprint density at radius 1 is 1.11 bits per heavy atom. The standard InChI is InChI=1S/C23H23FN2O2/c1-2-7-21(18-8-4-3-5-9-18)23(27)26-16-17-12-13-22(25-15-17)28-20-11-6-10-19(24)14-20/h3-6,8-15,21H,2,7,16H2,1H3,(H,26,27). The number of aromatic nitrogens is 1. The Bertz CT molecular complexity index is 898. The van der Waals surface area contributed by atoms with Gasteiger partial charge in [0, 0.05) is 24.9 Å². The molecule has 0 saturated heterocycles. The minimum absolute atomic E-state index is 0.00753. The minimum atomic E-state index is -0.364. The minimum Gasteiger partial charge on any atom is -0.439 e. The van der Waals surface area contributed by atoms with Gasteiger partial charge in [-0.3, -0.25) is 4.79 Å². The molecule has 1 N–H and O–H groups in total. The van der Waals surface area contributed by atoms with Crippen LogP contribution < -0.4 is 10.1 Å². The van der Waals surface area contributed by atoms with Crippen molar-refractivity contribution in [2.75, 3.05) is 0 Å². The molecule has 1 aromatic heterocycles. The lowest BCUT2D eigenvalue weighted by molar-refractivity contribution is -0.122. The molecule has 0 radical (unpaired) electrons. The van der Waals surface area contributed by atoms with Gasteiger partial charge in [0.15, 0.2) is 0 Å². The van der Waals surface area contributed by atoms with Crippen molar-refractivity contribution in [1.29, 1.82) is 0 Å². The van der Waals surface area contributed by atoms with Crippen molar-refractivity contribution >= 4 is 5.91 Å². The number of nitrogens with zero attached hydrogens (tertiary/aromatic N) is 1. The molecule has 4 nitrogen and oxygen atoms in total. The van der Waals surface area contributed by atoms with Crippen LogP contribution in [0.15, 0.2) is 72.9 Å². The molecule has 0 spiro atoms. The number of benzene rings is 2. The zero-order valence-electron chi connectivity index (χ0n) is 15.8. The van der Waals surface area contributed by atoms with Gasteiger partial charge in [-0.05, 0) is 29.7 Å². The van der Waals surface area contributed by atoms with E-state index in [-0.39, 0.29) is 17.6 Å². The van der Waals surface area contributed by atoms with E-state index < -0.39 is 0 Å². The molecule has 1 amide bonds. The second-order valence-corrected chi connectivity index (χ2v) is 6.53. The van der Waals surface area contributed by atoms with Crippen LogP contribution in [0.1, 0.15) is 36.8 Å². The van der Waals surface area contributed by atoms with Gasteiger partial charge in [-0.25, -0.2) is 9.37 Å². The summed E-state index contributed by atoms with van der Waals surface area (Å²) in [6.45, 7) is 2.46. The van der Waals surface area contributed by atoms with E-state index in [4.69, 9.17) is 4.74 Å². The number of rotatable bonds is 8. The molecule has 1 atom stereocenters. The highest BCUT2D eigenvalue weighted by Gasteiger charge is 2.19. The molecule has 5 heteroatoms. The Hall–Kier alpha value is -3.21. The predicted molar refractivity (Wildman–Crippen MR) is 107 cm³/mol. The summed E-state index contributed by atoms with van der Waals surface area (Å²) in [6, 6.07) is 19.2. The Morgan fingerprint density at radius 2 is 1.93 bits per heavy atom. The normalized spacial score (nSPS) is 11.6. The molecule has 0 fully saturated rings. The van der Waals surface area contributed by atoms with Crippen molar-refractivity contribution < 1.29 is 13.9 Å². The summed E-state index contributed by atoms with van der Waals surface area (Å²) < 4.78 is 18.7. The summed E-state index contributed by atoms with van der Waals surface area (Å²) in [7, 11) is 0. The number of halogens is 1. The Morgan fingerprint density at radius 3 is 2.61 bits per heavy atom. The largest absolute Gasteiger partial charge is 0.439 e. The van der Waals surface area contributed by atoms with Gasteiger partial charge in [0.1, 0.15) is 11.6 Å². The highest BCUT2D eigenvalue weighted by molar-refractivity contribution is 5.83. The summed E-state index contributed by atoms with van der Waals surface area (Å²) in [5.41, 5.74) is 1.89. The fourth-order valence-corrected chi connectivity index (χ4v) is 2.96. The summed E-state index contributed by atoms with van der Waals surface area (Å²) in [6.07, 6.45) is 3.38. The van der Waals surface area contributed by atoms with E-state index in [0.717, 1.165) is 24.0 Å². The zero-order valence-corrected chi connectivity index (χ0v) is 15.8. The highest BCUT2D eigenvalue weighted by atomic mass is 19.1. The first-order valence-corrected chi connectivity index (χ1v) is 9.36. The lowest BCUT2D eigenvalue weighted by Crippen LogP contribution is -2.29. The molecule has 0 saturated carbocycles. The molecule has 144 valence electrons. The molecule has 0 bridgehead atoms. The van der Waals surface area contributed by atoms with Gasteiger partial charge >= 0.3 is 0 Å². The van der Waals surface area contributed by atoms with E-state index in [0.29, 0.717) is 18.2 Å². The van der Waals surface area contributed by atoms with Gasteiger partial charge in [-0.2, -0.15) is 0 Å². The third-order valence-corrected chi connectivity index (χ3v) is 4.38. The van der Waals surface area contributed by atoms with Crippen LogP contribution in [0.3, 0.4) is 0 Å². The van der Waals surface area contributed by atoms with Crippen LogP contribution in [0.5, 0.6) is 11.6 Å². The molecule has 0 aliphatic rings. The maximum absolute atomic E-state index is 13.2. The number of carbonyl (C=O) groups is 1. The van der Waals surface area contributed by atoms with Crippen LogP contribution in [-0.4, -0.2) is 10.9 Å². The third-order valence-electron chi connectivity index (χ3n) is 4.38. The topological polar surface area (TPSA) is 51.2 Å². The van der Waals surface area contributed by atoms with Crippen molar-refractivity contribution in [2.45, 2.75) is 32.2 Å². The van der Waals surface area contributed by atoms with Gasteiger partial charge in [-0.1, -0.05) is 55.8 Å². The van der Waals surface area contributed by atoms with Crippen molar-refractivity contribution in [3.63, 3.8) is 0 Å². The quantitative estimate of drug-likeness (QED) is 0.585. The molecule has 28 heavy (non-hydrogen) atoms. The van der Waals surface area contributed by atoms with Gasteiger partial charge < -0.3 is 10.1 Å². The SMILES string of the molecule is CCCC(C(=O)NCc1ccc(Oc2cccc(F)c2)nc1)c1ccccc1. The fourth-order valence-electron chi connectivity index (χ4n) is 2.96. The lowest BCUT2D eigenvalue weighted by Gasteiger charge is -2.16. The van der Waals surface area contributed by atoms with Gasteiger partial charge in [-0.15, -0.1) is 0 Å². The molecule has 3 aromatic rings. The van der Waals surface area contributed by atoms with E-state index in [1.807, 2.05) is 36.4 Å². The first kappa shape index (κ1) is 19.5. The molecular weight excluding hydrogens is 355 g/mol. The molecular formula is C23H23FN2O2. The van der Waals surface area contributed by atoms with Crippen LogP contribution in [0.4, 0.5) is 4.39 Å². The van der Waals surface area contributed by atoms with Crippen LogP contribution in [-0.2, 0) is 11.3 Å². The van der Waals surface area contributed by atoms with E-state index in [2.05, 4.69) is 17.2 Å². The fraction of sp³-hybridized carbons (Fsp3) is 0.217. The average Bonchev–Trinajstić information content (AvgIpc) is 2.72. The maximum Gasteiger partial charge on any atom is 0.227 e. The second-order valence-electron chi connectivity index (χ2n) is 6.53. The Labute approximate surface area is 164 Å². The van der Waals surface area contributed by atoms with E-state index in [1.54, 1.807) is 24.4 Å². The van der Waals surface area contributed by atoms with Crippen molar-refractivity contribution in [3.05, 3.63) is 89.9 Å². The van der Waals surface area contributed by atoms with Gasteiger partial charge in [0.05, 0.1) is 5.92 Å². The Balaban J connectivity index is 1.58. The lowest BCUT2D eigenvalue weighted by atomic mass is 9.93. The van der Waals surface area contributed by atoms with Crippen LogP contribution >= 0.6 is 0 Å². The van der Waals surface area contributed by atoms with E-state index >= 15 is 0 Å². The number of nitrogens with one attached hydrogen (secondary N) is 1. The van der Waals surface area contributed by atoms with E-state index in [1.165, 1.54) is 12.1 Å². The van der Waals surface area contributed by atoms with Crippen LogP contribution in [0.2, 0.25) is 0 Å². The van der Waals surface area contributed by atoms with Crippen LogP contribution in [0, 0.1) is 5.82 Å². The molecule has 0 aliphatic carbocycles. The number of hydrogen-bond acceptors (Lipinski definition) is 3. The molecule has 1 unspecified atom stereocenters. The summed E-state index contributed by atoms with van der Waals surface area (Å²) in [4.78, 5) is 16.9. The Kier molecular flexibility index (Phi) is 6.73. The van der Waals surface area contributed by atoms with Crippen LogP contribution in [0.25, 0.3) is 0 Å². The average molecular weight is 378 g/mol. The summed E-state index contributed by atoms with van der Waals surface area (Å²) >= 11 is 0. The smallest absolute Gasteiger partial charge is 0.227 e. The molecule has 2 aromatic carbocycles. The summed E-state index contributed by atoms with van der Waals surface area (Å²) in [5, 5.41) is 2.99. The second kappa shape index (κ2) is 9.65. The first-order chi connectivity index (χ1) is 13.7.